The van der Waals surface area contributed by atoms with Gasteiger partial charge in [-0.25, -0.2) is 19.7 Å². The van der Waals surface area contributed by atoms with Crippen LogP contribution in [0.15, 0.2) is 79.0 Å². The van der Waals surface area contributed by atoms with E-state index >= 15 is 0 Å². The average Bonchev–Trinajstić information content (AvgIpc) is 3.27. The van der Waals surface area contributed by atoms with Gasteiger partial charge in [-0.15, -0.1) is 0 Å². The fourth-order valence-electron chi connectivity index (χ4n) is 3.86. The molecule has 0 saturated carbocycles. The van der Waals surface area contributed by atoms with Gasteiger partial charge in [-0.3, -0.25) is 4.57 Å². The molecule has 0 spiro atoms. The summed E-state index contributed by atoms with van der Waals surface area (Å²) in [4.78, 5) is 25.9. The van der Waals surface area contributed by atoms with Crippen LogP contribution in [0, 0.1) is 0 Å². The van der Waals surface area contributed by atoms with E-state index in [1.54, 1.807) is 25.4 Å². The fourth-order valence-corrected chi connectivity index (χ4v) is 3.86. The Morgan fingerprint density at radius 1 is 0.882 bits per heavy atom. The van der Waals surface area contributed by atoms with Crippen LogP contribution in [0.5, 0.6) is 5.75 Å². The van der Waals surface area contributed by atoms with Crippen LogP contribution >= 0.6 is 0 Å². The molecule has 2 N–H and O–H groups in total. The van der Waals surface area contributed by atoms with Crippen molar-refractivity contribution in [1.82, 2.24) is 19.5 Å². The predicted octanol–water partition coefficient (Wildman–Crippen LogP) is 4.53. The maximum atomic E-state index is 11.9. The summed E-state index contributed by atoms with van der Waals surface area (Å²) in [6.07, 6.45) is 1.63. The van der Waals surface area contributed by atoms with Crippen molar-refractivity contribution in [2.24, 2.45) is 0 Å². The van der Waals surface area contributed by atoms with Gasteiger partial charge in [-0.2, -0.15) is 0 Å². The van der Waals surface area contributed by atoms with E-state index in [0.29, 0.717) is 33.9 Å². The molecule has 5 aromatic rings. The molecule has 0 saturated heterocycles. The molecule has 0 radical (unpaired) electrons. The monoisotopic (exact) mass is 451 g/mol. The zero-order chi connectivity index (χ0) is 23.7. The number of carbonyl (C=O) groups is 1. The molecule has 2 aromatic carbocycles. The number of esters is 1. The third-order valence-corrected chi connectivity index (χ3v) is 5.51. The van der Waals surface area contributed by atoms with E-state index in [1.165, 1.54) is 7.11 Å². The molecule has 0 unspecified atom stereocenters. The first-order valence-corrected chi connectivity index (χ1v) is 10.5. The van der Waals surface area contributed by atoms with Crippen molar-refractivity contribution in [2.75, 3.05) is 20.0 Å². The van der Waals surface area contributed by atoms with Crippen LogP contribution in [0.2, 0.25) is 0 Å². The lowest BCUT2D eigenvalue weighted by molar-refractivity contribution is 0.0600. The van der Waals surface area contributed by atoms with Gasteiger partial charge in [0.1, 0.15) is 17.1 Å². The molecular formula is C26H21N5O3. The molecule has 168 valence electrons. The van der Waals surface area contributed by atoms with Crippen molar-refractivity contribution in [3.63, 3.8) is 0 Å². The lowest BCUT2D eigenvalue weighted by Gasteiger charge is -2.12. The summed E-state index contributed by atoms with van der Waals surface area (Å²) in [6, 6.07) is 22.3. The summed E-state index contributed by atoms with van der Waals surface area (Å²) in [6.45, 7) is 0. The van der Waals surface area contributed by atoms with Gasteiger partial charge in [-0.1, -0.05) is 12.1 Å². The quantitative estimate of drug-likeness (QED) is 0.392. The second kappa shape index (κ2) is 8.67. The number of nitrogen functional groups attached to an aromatic ring is 1. The molecule has 0 aliphatic heterocycles. The van der Waals surface area contributed by atoms with Crippen molar-refractivity contribution >= 4 is 23.0 Å². The highest BCUT2D eigenvalue weighted by Crippen LogP contribution is 2.33. The van der Waals surface area contributed by atoms with Crippen molar-refractivity contribution in [3.8, 4) is 34.1 Å². The zero-order valence-electron chi connectivity index (χ0n) is 18.6. The molecule has 8 nitrogen and oxygen atoms in total. The van der Waals surface area contributed by atoms with E-state index in [9.17, 15) is 4.79 Å². The lowest BCUT2D eigenvalue weighted by Crippen LogP contribution is -2.04. The van der Waals surface area contributed by atoms with Gasteiger partial charge in [0.05, 0.1) is 31.0 Å². The van der Waals surface area contributed by atoms with Crippen LogP contribution < -0.4 is 10.5 Å². The molecule has 5 rings (SSSR count). The van der Waals surface area contributed by atoms with Crippen LogP contribution in [0.3, 0.4) is 0 Å². The van der Waals surface area contributed by atoms with Crippen molar-refractivity contribution in [2.45, 2.75) is 0 Å². The van der Waals surface area contributed by atoms with E-state index in [1.807, 2.05) is 65.2 Å². The van der Waals surface area contributed by atoms with Gasteiger partial charge >= 0.3 is 5.97 Å². The molecule has 0 aliphatic carbocycles. The summed E-state index contributed by atoms with van der Waals surface area (Å²) < 4.78 is 12.3. The zero-order valence-corrected chi connectivity index (χ0v) is 18.6. The minimum Gasteiger partial charge on any atom is -0.496 e. The molecular weight excluding hydrogens is 430 g/mol. The third-order valence-electron chi connectivity index (χ3n) is 5.51. The van der Waals surface area contributed by atoms with Crippen LogP contribution in [0.4, 0.5) is 5.82 Å². The van der Waals surface area contributed by atoms with Crippen LogP contribution in [0.25, 0.3) is 39.5 Å². The second-order valence-corrected chi connectivity index (χ2v) is 7.48. The Hall–Kier alpha value is -4.72. The highest BCUT2D eigenvalue weighted by molar-refractivity contribution is 5.90. The third kappa shape index (κ3) is 3.61. The highest BCUT2D eigenvalue weighted by atomic mass is 16.5. The molecule has 0 fully saturated rings. The molecule has 8 heteroatoms. The Kier molecular flexibility index (Phi) is 5.39. The first-order valence-electron chi connectivity index (χ1n) is 10.5. The number of methoxy groups -OCH3 is 2. The van der Waals surface area contributed by atoms with Gasteiger partial charge in [0.2, 0.25) is 0 Å². The number of pyridine rings is 2. The molecule has 3 aromatic heterocycles. The molecule has 0 atom stereocenters. The number of nitrogens with two attached hydrogens (primary N) is 1. The number of ether oxygens (including phenoxy) is 2. The Balaban J connectivity index is 1.77. The minimum absolute atomic E-state index is 0.357. The van der Waals surface area contributed by atoms with Crippen molar-refractivity contribution in [1.29, 1.82) is 0 Å². The standard InChI is InChI=1S/C26H21N5O3/c1-33-22-8-4-3-6-18(22)20-13-14-21-25(29-20)31(17-11-9-16(10-12-17)26(32)34-2)24(30-21)19-7-5-15-28-23(19)27/h3-15H,1-2H3,(H2,27,28). The molecule has 0 aliphatic rings. The number of hydrogen-bond acceptors (Lipinski definition) is 7. The van der Waals surface area contributed by atoms with Crippen molar-refractivity contribution < 1.29 is 14.3 Å². The number of benzene rings is 2. The Bertz CT molecular complexity index is 1510. The summed E-state index contributed by atoms with van der Waals surface area (Å²) in [5, 5.41) is 0. The number of fused-ring (bicyclic) bond motifs is 1. The van der Waals surface area contributed by atoms with Crippen LogP contribution in [0.1, 0.15) is 10.4 Å². The topological polar surface area (TPSA) is 105 Å². The van der Waals surface area contributed by atoms with Gasteiger partial charge in [-0.05, 0) is 60.7 Å². The van der Waals surface area contributed by atoms with E-state index in [0.717, 1.165) is 22.7 Å². The maximum absolute atomic E-state index is 11.9. The average molecular weight is 451 g/mol. The Labute approximate surface area is 195 Å². The molecule has 0 amide bonds. The van der Waals surface area contributed by atoms with Crippen molar-refractivity contribution in [3.05, 3.63) is 84.6 Å². The Morgan fingerprint density at radius 2 is 1.65 bits per heavy atom. The number of nitrogens with zero attached hydrogens (tertiary/aromatic N) is 4. The van der Waals surface area contributed by atoms with E-state index in [4.69, 9.17) is 25.2 Å². The molecule has 3 heterocycles. The summed E-state index contributed by atoms with van der Waals surface area (Å²) >= 11 is 0. The normalized spacial score (nSPS) is 10.9. The highest BCUT2D eigenvalue weighted by Gasteiger charge is 2.19. The maximum Gasteiger partial charge on any atom is 0.337 e. The Morgan fingerprint density at radius 3 is 2.38 bits per heavy atom. The first kappa shape index (κ1) is 21.1. The number of aromatic nitrogens is 4. The van der Waals surface area contributed by atoms with Crippen LogP contribution in [-0.2, 0) is 4.74 Å². The summed E-state index contributed by atoms with van der Waals surface area (Å²) in [7, 11) is 2.99. The molecule has 34 heavy (non-hydrogen) atoms. The van der Waals surface area contributed by atoms with Gasteiger partial charge in [0.25, 0.3) is 0 Å². The largest absolute Gasteiger partial charge is 0.496 e. The first-order chi connectivity index (χ1) is 16.6. The van der Waals surface area contributed by atoms with Gasteiger partial charge in [0.15, 0.2) is 11.5 Å². The predicted molar refractivity (Wildman–Crippen MR) is 130 cm³/mol. The SMILES string of the molecule is COC(=O)c1ccc(-n2c(-c3cccnc3N)nc3ccc(-c4ccccc4OC)nc32)cc1. The fraction of sp³-hybridized carbons (Fsp3) is 0.0769. The number of imidazole rings is 1. The van der Waals surface area contributed by atoms with E-state index in [2.05, 4.69) is 4.98 Å². The summed E-state index contributed by atoms with van der Waals surface area (Å²) in [5.74, 6) is 1.27. The number of para-hydroxylation sites is 1. The lowest BCUT2D eigenvalue weighted by atomic mass is 10.1. The number of anilines is 1. The summed E-state index contributed by atoms with van der Waals surface area (Å²) in [5.41, 5.74) is 11.0. The smallest absolute Gasteiger partial charge is 0.337 e. The van der Waals surface area contributed by atoms with Gasteiger partial charge < -0.3 is 15.2 Å². The number of carbonyl (C=O) groups excluding carboxylic acids is 1. The van der Waals surface area contributed by atoms with Crippen LogP contribution in [-0.4, -0.2) is 39.7 Å². The minimum atomic E-state index is -0.407. The second-order valence-electron chi connectivity index (χ2n) is 7.48. The number of hydrogen-bond donors (Lipinski definition) is 1. The van der Waals surface area contributed by atoms with Gasteiger partial charge in [0, 0.05) is 17.4 Å². The van der Waals surface area contributed by atoms with E-state index < -0.39 is 5.97 Å². The number of rotatable bonds is 5. The molecule has 0 bridgehead atoms. The van der Waals surface area contributed by atoms with E-state index in [-0.39, 0.29) is 0 Å².